The molecule has 1 N–H and O–H groups in total. The summed E-state index contributed by atoms with van der Waals surface area (Å²) in [6.07, 6.45) is 0. The van der Waals surface area contributed by atoms with Crippen molar-refractivity contribution in [3.05, 3.63) is 23.9 Å². The summed E-state index contributed by atoms with van der Waals surface area (Å²) in [5.41, 5.74) is 0.143. The Bertz CT molecular complexity index is 337. The monoisotopic (exact) mass is 192 g/mol. The molecule has 0 radical (unpaired) electrons. The molecule has 0 saturated carbocycles. The third-order valence-corrected chi connectivity index (χ3v) is 1.60. The van der Waals surface area contributed by atoms with Crippen LogP contribution in [0.3, 0.4) is 0 Å². The minimum atomic E-state index is -2.10. The SMILES string of the molecule is N#Cc1cccc(S(=O)O)n1.[NaH]. The minimum absolute atomic E-state index is 0. The summed E-state index contributed by atoms with van der Waals surface area (Å²) in [5.74, 6) is 0. The molecule has 6 heteroatoms. The van der Waals surface area contributed by atoms with Crippen molar-refractivity contribution in [2.45, 2.75) is 5.03 Å². The van der Waals surface area contributed by atoms with Crippen molar-refractivity contribution in [1.82, 2.24) is 4.98 Å². The van der Waals surface area contributed by atoms with Crippen molar-refractivity contribution >= 4 is 40.6 Å². The quantitative estimate of drug-likeness (QED) is 0.497. The topological polar surface area (TPSA) is 74.0 Å². The van der Waals surface area contributed by atoms with Crippen LogP contribution in [-0.2, 0) is 11.1 Å². The predicted molar refractivity (Wildman–Crippen MR) is 45.1 cm³/mol. The first-order valence-corrected chi connectivity index (χ1v) is 3.82. The zero-order valence-corrected chi connectivity index (χ0v) is 6.21. The van der Waals surface area contributed by atoms with Gasteiger partial charge >= 0.3 is 29.6 Å². The van der Waals surface area contributed by atoms with Crippen molar-refractivity contribution in [3.8, 4) is 6.07 Å². The van der Waals surface area contributed by atoms with Gasteiger partial charge in [0.15, 0.2) is 5.03 Å². The van der Waals surface area contributed by atoms with Crippen LogP contribution in [0.15, 0.2) is 23.2 Å². The fourth-order valence-electron chi connectivity index (χ4n) is 0.574. The van der Waals surface area contributed by atoms with E-state index in [-0.39, 0.29) is 40.3 Å². The second-order valence-electron chi connectivity index (χ2n) is 1.72. The summed E-state index contributed by atoms with van der Waals surface area (Å²) >= 11 is -2.10. The predicted octanol–water partition coefficient (Wildman–Crippen LogP) is -0.115. The van der Waals surface area contributed by atoms with Crippen LogP contribution in [0.1, 0.15) is 5.69 Å². The number of pyridine rings is 1. The summed E-state index contributed by atoms with van der Waals surface area (Å²) in [4.78, 5) is 3.58. The van der Waals surface area contributed by atoms with Crippen LogP contribution < -0.4 is 0 Å². The summed E-state index contributed by atoms with van der Waals surface area (Å²) in [5, 5.41) is 8.35. The van der Waals surface area contributed by atoms with E-state index in [4.69, 9.17) is 9.81 Å². The van der Waals surface area contributed by atoms with E-state index < -0.39 is 11.1 Å². The van der Waals surface area contributed by atoms with Gasteiger partial charge in [0.1, 0.15) is 11.8 Å². The van der Waals surface area contributed by atoms with E-state index in [2.05, 4.69) is 4.98 Å². The van der Waals surface area contributed by atoms with Gasteiger partial charge in [-0.25, -0.2) is 9.19 Å². The first kappa shape index (κ1) is 11.8. The van der Waals surface area contributed by atoms with E-state index >= 15 is 0 Å². The molecule has 4 nitrogen and oxygen atoms in total. The summed E-state index contributed by atoms with van der Waals surface area (Å²) < 4.78 is 19.0. The Kier molecular flexibility index (Phi) is 5.29. The molecular weight excluding hydrogens is 187 g/mol. The number of rotatable bonds is 1. The summed E-state index contributed by atoms with van der Waals surface area (Å²) in [7, 11) is 0. The average Bonchev–Trinajstić information content (AvgIpc) is 2.05. The molecule has 1 rings (SSSR count). The van der Waals surface area contributed by atoms with Gasteiger partial charge < -0.3 is 4.55 Å². The van der Waals surface area contributed by atoms with Crippen LogP contribution in [0.25, 0.3) is 0 Å². The van der Waals surface area contributed by atoms with E-state index in [0.717, 1.165) is 0 Å². The Hall–Kier alpha value is -0.250. The molecule has 1 atom stereocenters. The fraction of sp³-hybridized carbons (Fsp3) is 0. The zero-order chi connectivity index (χ0) is 8.27. The summed E-state index contributed by atoms with van der Waals surface area (Å²) in [6, 6.07) is 6.13. The molecule has 58 valence electrons. The van der Waals surface area contributed by atoms with Crippen LogP contribution in [0.5, 0.6) is 0 Å². The molecule has 1 aromatic rings. The van der Waals surface area contributed by atoms with Gasteiger partial charge in [0.25, 0.3) is 0 Å². The van der Waals surface area contributed by atoms with Crippen molar-refractivity contribution in [1.29, 1.82) is 5.26 Å². The number of hydrogen-bond donors (Lipinski definition) is 1. The third kappa shape index (κ3) is 3.01. The van der Waals surface area contributed by atoms with Gasteiger partial charge in [-0.15, -0.1) is 0 Å². The maximum absolute atomic E-state index is 10.4. The number of aromatic nitrogens is 1. The van der Waals surface area contributed by atoms with Gasteiger partial charge in [0.05, 0.1) is 0 Å². The number of hydrogen-bond acceptors (Lipinski definition) is 3. The first-order valence-electron chi connectivity index (χ1n) is 2.72. The average molecular weight is 192 g/mol. The zero-order valence-electron chi connectivity index (χ0n) is 5.39. The van der Waals surface area contributed by atoms with Crippen LogP contribution in [0.4, 0.5) is 0 Å². The molecule has 0 bridgehead atoms. The molecule has 1 heterocycles. The van der Waals surface area contributed by atoms with E-state index in [1.165, 1.54) is 18.2 Å². The molecule has 1 aromatic heterocycles. The van der Waals surface area contributed by atoms with Crippen molar-refractivity contribution in [3.63, 3.8) is 0 Å². The molecular formula is C6H5N2NaO2S. The van der Waals surface area contributed by atoms with E-state index in [1.54, 1.807) is 6.07 Å². The standard InChI is InChI=1S/C6H4N2O2S.Na.H/c7-4-5-2-1-3-6(8-5)11(9)10;;/h1-3H,(H,9,10);;. The molecule has 0 aromatic carbocycles. The van der Waals surface area contributed by atoms with Crippen LogP contribution in [-0.4, -0.2) is 43.3 Å². The molecule has 0 aliphatic carbocycles. The molecule has 12 heavy (non-hydrogen) atoms. The maximum atomic E-state index is 10.4. The van der Waals surface area contributed by atoms with Crippen LogP contribution in [0.2, 0.25) is 0 Å². The Labute approximate surface area is 94.2 Å². The van der Waals surface area contributed by atoms with Crippen molar-refractivity contribution in [2.24, 2.45) is 0 Å². The van der Waals surface area contributed by atoms with Crippen LogP contribution in [0, 0.1) is 11.3 Å². The van der Waals surface area contributed by atoms with Crippen molar-refractivity contribution < 1.29 is 8.76 Å². The van der Waals surface area contributed by atoms with E-state index in [0.29, 0.717) is 0 Å². The number of nitriles is 1. The van der Waals surface area contributed by atoms with Crippen LogP contribution >= 0.6 is 0 Å². The number of nitrogens with zero attached hydrogens (tertiary/aromatic N) is 2. The van der Waals surface area contributed by atoms with E-state index in [1.807, 2.05) is 0 Å². The van der Waals surface area contributed by atoms with Gasteiger partial charge in [-0.3, -0.25) is 0 Å². The van der Waals surface area contributed by atoms with E-state index in [9.17, 15) is 4.21 Å². The Morgan fingerprint density at radius 2 is 2.25 bits per heavy atom. The normalized spacial score (nSPS) is 11.0. The fourth-order valence-corrected chi connectivity index (χ4v) is 0.946. The molecule has 0 fully saturated rings. The second-order valence-corrected chi connectivity index (χ2v) is 2.64. The Morgan fingerprint density at radius 3 is 2.75 bits per heavy atom. The molecule has 1 unspecified atom stereocenters. The molecule has 0 aliphatic heterocycles. The Morgan fingerprint density at radius 1 is 1.58 bits per heavy atom. The first-order chi connectivity index (χ1) is 5.24. The molecule has 0 aliphatic rings. The van der Waals surface area contributed by atoms with Gasteiger partial charge in [-0.2, -0.15) is 5.26 Å². The van der Waals surface area contributed by atoms with Crippen molar-refractivity contribution in [2.75, 3.05) is 0 Å². The van der Waals surface area contributed by atoms with Gasteiger partial charge in [0, 0.05) is 0 Å². The molecule has 0 spiro atoms. The molecule has 0 saturated heterocycles. The molecule has 0 amide bonds. The summed E-state index contributed by atoms with van der Waals surface area (Å²) in [6.45, 7) is 0. The van der Waals surface area contributed by atoms with Gasteiger partial charge in [-0.05, 0) is 12.1 Å². The Balaban J connectivity index is 0.00000121. The van der Waals surface area contributed by atoms with Gasteiger partial charge in [0.2, 0.25) is 11.1 Å². The second kappa shape index (κ2) is 5.41. The van der Waals surface area contributed by atoms with Gasteiger partial charge in [-0.1, -0.05) is 6.07 Å². The third-order valence-electron chi connectivity index (χ3n) is 1.02.